The lowest BCUT2D eigenvalue weighted by Crippen LogP contribution is -2.43. The monoisotopic (exact) mass is 355 g/mol. The lowest BCUT2D eigenvalue weighted by molar-refractivity contribution is 0.354. The minimum Gasteiger partial charge on any atom is -0.495 e. The van der Waals surface area contributed by atoms with Crippen molar-refractivity contribution in [1.29, 1.82) is 0 Å². The van der Waals surface area contributed by atoms with Gasteiger partial charge in [0.05, 0.1) is 27.0 Å². The number of nitrogens with one attached hydrogen (secondary N) is 2. The highest BCUT2D eigenvalue weighted by Gasteiger charge is 2.19. The van der Waals surface area contributed by atoms with E-state index >= 15 is 0 Å². The van der Waals surface area contributed by atoms with E-state index in [1.54, 1.807) is 21.3 Å². The van der Waals surface area contributed by atoms with Crippen LogP contribution in [0, 0.1) is 0 Å². The predicted octanol–water partition coefficient (Wildman–Crippen LogP) is 2.10. The quantitative estimate of drug-likeness (QED) is 0.759. The third kappa shape index (κ3) is 3.64. The van der Waals surface area contributed by atoms with Gasteiger partial charge in [-0.15, -0.1) is 0 Å². The standard InChI is InChI=1S/C18H21N5O3/c1-24-13-7-5-4-6-12(13)20-18-22-16(21-17(19)23-18)11-8-9-14(25-2)15(10-11)26-3/h4-10,16H,1-3H3,(H4,19,20,21,22,23)/t16-/m1/s1. The number of methoxy groups -OCH3 is 3. The molecule has 0 bridgehead atoms. The van der Waals surface area contributed by atoms with Crippen LogP contribution in [0.5, 0.6) is 17.2 Å². The summed E-state index contributed by atoms with van der Waals surface area (Å²) in [5.41, 5.74) is 7.53. The smallest absolute Gasteiger partial charge is 0.205 e. The number of guanidine groups is 2. The molecule has 8 heteroatoms. The van der Waals surface area contributed by atoms with Crippen LogP contribution in [0.1, 0.15) is 11.7 Å². The summed E-state index contributed by atoms with van der Waals surface area (Å²) in [6, 6.07) is 13.0. The molecule has 0 fully saturated rings. The van der Waals surface area contributed by atoms with E-state index < -0.39 is 6.17 Å². The van der Waals surface area contributed by atoms with Crippen molar-refractivity contribution in [2.45, 2.75) is 6.17 Å². The summed E-state index contributed by atoms with van der Waals surface area (Å²) < 4.78 is 16.0. The van der Waals surface area contributed by atoms with E-state index in [0.29, 0.717) is 23.2 Å². The van der Waals surface area contributed by atoms with Crippen LogP contribution in [0.4, 0.5) is 5.69 Å². The molecule has 3 rings (SSSR count). The topological polar surface area (TPSA) is 102 Å². The molecule has 0 spiro atoms. The molecule has 0 aliphatic carbocycles. The molecule has 1 heterocycles. The van der Waals surface area contributed by atoms with Crippen molar-refractivity contribution in [3.8, 4) is 17.2 Å². The number of hydrogen-bond acceptors (Lipinski definition) is 8. The van der Waals surface area contributed by atoms with E-state index in [1.807, 2.05) is 42.5 Å². The van der Waals surface area contributed by atoms with Gasteiger partial charge in [0.15, 0.2) is 23.6 Å². The van der Waals surface area contributed by atoms with Gasteiger partial charge in [0.2, 0.25) is 5.96 Å². The van der Waals surface area contributed by atoms with Crippen molar-refractivity contribution in [3.63, 3.8) is 0 Å². The summed E-state index contributed by atoms with van der Waals surface area (Å²) in [4.78, 5) is 8.93. The second-order valence-corrected chi connectivity index (χ2v) is 5.43. The van der Waals surface area contributed by atoms with E-state index in [2.05, 4.69) is 20.6 Å². The van der Waals surface area contributed by atoms with E-state index in [0.717, 1.165) is 11.3 Å². The molecule has 4 N–H and O–H groups in total. The average Bonchev–Trinajstić information content (AvgIpc) is 2.67. The van der Waals surface area contributed by atoms with Crippen molar-refractivity contribution in [1.82, 2.24) is 5.32 Å². The van der Waals surface area contributed by atoms with Gasteiger partial charge in [-0.2, -0.15) is 0 Å². The number of para-hydroxylation sites is 2. The van der Waals surface area contributed by atoms with Gasteiger partial charge in [-0.3, -0.25) is 5.32 Å². The maximum Gasteiger partial charge on any atom is 0.205 e. The number of nitrogens with two attached hydrogens (primary N) is 1. The Balaban J connectivity index is 1.89. The summed E-state index contributed by atoms with van der Waals surface area (Å²) in [5, 5.41) is 6.10. The SMILES string of the molecule is COc1ccccc1NC1=N[C@H](c2ccc(OC)c(OC)c2)N=C(N)N1. The first-order chi connectivity index (χ1) is 12.6. The first-order valence-electron chi connectivity index (χ1n) is 7.94. The van der Waals surface area contributed by atoms with Crippen LogP contribution in [-0.2, 0) is 0 Å². The maximum absolute atomic E-state index is 5.93. The maximum atomic E-state index is 5.93. The van der Waals surface area contributed by atoms with Gasteiger partial charge in [0.1, 0.15) is 5.75 Å². The zero-order chi connectivity index (χ0) is 18.5. The largest absolute Gasteiger partial charge is 0.495 e. The molecule has 8 nitrogen and oxygen atoms in total. The molecule has 26 heavy (non-hydrogen) atoms. The van der Waals surface area contributed by atoms with Crippen molar-refractivity contribution < 1.29 is 14.2 Å². The molecule has 0 radical (unpaired) electrons. The highest BCUT2D eigenvalue weighted by Crippen LogP contribution is 2.32. The summed E-state index contributed by atoms with van der Waals surface area (Å²) in [5.74, 6) is 2.67. The molecule has 0 saturated heterocycles. The number of nitrogens with zero attached hydrogens (tertiary/aromatic N) is 2. The predicted molar refractivity (Wildman–Crippen MR) is 101 cm³/mol. The Hall–Kier alpha value is -3.42. The summed E-state index contributed by atoms with van der Waals surface area (Å²) >= 11 is 0. The lowest BCUT2D eigenvalue weighted by Gasteiger charge is -2.21. The van der Waals surface area contributed by atoms with E-state index in [1.165, 1.54) is 0 Å². The molecule has 0 saturated carbocycles. The Kier molecular flexibility index (Phi) is 5.12. The Bertz CT molecular complexity index is 850. The van der Waals surface area contributed by atoms with Crippen molar-refractivity contribution in [3.05, 3.63) is 48.0 Å². The molecule has 0 amide bonds. The van der Waals surface area contributed by atoms with Crippen LogP contribution in [0.25, 0.3) is 0 Å². The van der Waals surface area contributed by atoms with E-state index in [4.69, 9.17) is 19.9 Å². The van der Waals surface area contributed by atoms with Crippen LogP contribution >= 0.6 is 0 Å². The Morgan fingerprint density at radius 1 is 0.923 bits per heavy atom. The number of hydrogen-bond donors (Lipinski definition) is 3. The van der Waals surface area contributed by atoms with Crippen molar-refractivity contribution in [2.75, 3.05) is 26.6 Å². The fraction of sp³-hybridized carbons (Fsp3) is 0.222. The Labute approximate surface area is 151 Å². The van der Waals surface area contributed by atoms with Crippen molar-refractivity contribution >= 4 is 17.6 Å². The molecule has 1 aliphatic rings. The normalized spacial score (nSPS) is 16.0. The summed E-state index contributed by atoms with van der Waals surface area (Å²) in [7, 11) is 4.78. The highest BCUT2D eigenvalue weighted by molar-refractivity contribution is 6.06. The molecule has 136 valence electrons. The van der Waals surface area contributed by atoms with Gasteiger partial charge in [0.25, 0.3) is 0 Å². The second-order valence-electron chi connectivity index (χ2n) is 5.43. The molecular formula is C18H21N5O3. The Morgan fingerprint density at radius 3 is 2.38 bits per heavy atom. The number of ether oxygens (including phenoxy) is 3. The summed E-state index contributed by atoms with van der Waals surface area (Å²) in [6.07, 6.45) is -0.506. The molecule has 0 unspecified atom stereocenters. The first kappa shape index (κ1) is 17.4. The minimum atomic E-state index is -0.506. The van der Waals surface area contributed by atoms with Gasteiger partial charge in [-0.25, -0.2) is 9.98 Å². The third-order valence-electron chi connectivity index (χ3n) is 3.83. The zero-order valence-corrected chi connectivity index (χ0v) is 14.8. The van der Waals surface area contributed by atoms with E-state index in [-0.39, 0.29) is 5.96 Å². The highest BCUT2D eigenvalue weighted by atomic mass is 16.5. The van der Waals surface area contributed by atoms with E-state index in [9.17, 15) is 0 Å². The fourth-order valence-corrected chi connectivity index (χ4v) is 2.57. The van der Waals surface area contributed by atoms with Gasteiger partial charge < -0.3 is 25.3 Å². The zero-order valence-electron chi connectivity index (χ0n) is 14.8. The van der Waals surface area contributed by atoms with Gasteiger partial charge >= 0.3 is 0 Å². The number of anilines is 1. The molecule has 1 aliphatic heterocycles. The molecule has 2 aromatic carbocycles. The van der Waals surface area contributed by atoms with Crippen LogP contribution < -0.4 is 30.6 Å². The second kappa shape index (κ2) is 7.64. The fourth-order valence-electron chi connectivity index (χ4n) is 2.57. The lowest BCUT2D eigenvalue weighted by atomic mass is 10.1. The minimum absolute atomic E-state index is 0.261. The van der Waals surface area contributed by atoms with Crippen LogP contribution in [-0.4, -0.2) is 33.2 Å². The summed E-state index contributed by atoms with van der Waals surface area (Å²) in [6.45, 7) is 0. The van der Waals surface area contributed by atoms with Crippen LogP contribution in [0.3, 0.4) is 0 Å². The number of benzene rings is 2. The van der Waals surface area contributed by atoms with Crippen LogP contribution in [0.15, 0.2) is 52.4 Å². The molecule has 2 aromatic rings. The van der Waals surface area contributed by atoms with Gasteiger partial charge in [-0.1, -0.05) is 18.2 Å². The van der Waals surface area contributed by atoms with Crippen molar-refractivity contribution in [2.24, 2.45) is 15.7 Å². The average molecular weight is 355 g/mol. The van der Waals surface area contributed by atoms with Crippen LogP contribution in [0.2, 0.25) is 0 Å². The molecule has 0 aromatic heterocycles. The van der Waals surface area contributed by atoms with Gasteiger partial charge in [0, 0.05) is 5.56 Å². The third-order valence-corrected chi connectivity index (χ3v) is 3.83. The molecule has 1 atom stereocenters. The number of aliphatic imine (C=N–C) groups is 2. The first-order valence-corrected chi connectivity index (χ1v) is 7.94. The van der Waals surface area contributed by atoms with Gasteiger partial charge in [-0.05, 0) is 24.3 Å². The Morgan fingerprint density at radius 2 is 1.65 bits per heavy atom. The number of rotatable bonds is 5. The molecular weight excluding hydrogens is 334 g/mol.